The molecule has 1 aromatic rings. The lowest BCUT2D eigenvalue weighted by Crippen LogP contribution is -2.05. The van der Waals surface area contributed by atoms with Crippen molar-refractivity contribution in [3.05, 3.63) is 40.7 Å². The molecule has 0 spiro atoms. The zero-order valence-electron chi connectivity index (χ0n) is 6.63. The van der Waals surface area contributed by atoms with Gasteiger partial charge in [-0.1, -0.05) is 11.6 Å². The maximum absolute atomic E-state index is 12.7. The van der Waals surface area contributed by atoms with Gasteiger partial charge in [0.2, 0.25) is 5.91 Å². The van der Waals surface area contributed by atoms with Crippen LogP contribution in [0.4, 0.5) is 4.39 Å². The number of nitrogens with two attached hydrogens (primary N) is 1. The molecule has 1 aromatic carbocycles. The molecule has 2 nitrogen and oxygen atoms in total. The Morgan fingerprint density at radius 2 is 2.23 bits per heavy atom. The summed E-state index contributed by atoms with van der Waals surface area (Å²) in [6, 6.07) is 3.88. The van der Waals surface area contributed by atoms with Crippen molar-refractivity contribution in [1.29, 1.82) is 0 Å². The van der Waals surface area contributed by atoms with Crippen LogP contribution in [0.3, 0.4) is 0 Å². The van der Waals surface area contributed by atoms with E-state index in [1.165, 1.54) is 24.3 Å². The minimum Gasteiger partial charge on any atom is -0.366 e. The standard InChI is InChI=1S/C9H7ClFNO/c10-8-3-2-7(11)5-6(8)1-4-9(12)13/h1-5H,(H2,12,13)/b4-1+. The second-order valence-corrected chi connectivity index (χ2v) is 2.81. The fourth-order valence-corrected chi connectivity index (χ4v) is 0.995. The molecule has 0 unspecified atom stereocenters. The first-order chi connectivity index (χ1) is 6.09. The lowest BCUT2D eigenvalue weighted by Gasteiger charge is -1.96. The summed E-state index contributed by atoms with van der Waals surface area (Å²) < 4.78 is 12.7. The summed E-state index contributed by atoms with van der Waals surface area (Å²) in [6.45, 7) is 0. The first kappa shape index (κ1) is 9.74. The number of benzene rings is 1. The predicted octanol–water partition coefficient (Wildman–Crippen LogP) is 1.98. The summed E-state index contributed by atoms with van der Waals surface area (Å²) in [5.74, 6) is -1.01. The molecule has 0 saturated carbocycles. The number of primary amides is 1. The van der Waals surface area contributed by atoms with E-state index < -0.39 is 11.7 Å². The fourth-order valence-electron chi connectivity index (χ4n) is 0.814. The molecule has 0 aromatic heterocycles. The molecule has 2 N–H and O–H groups in total. The summed E-state index contributed by atoms with van der Waals surface area (Å²) in [6.07, 6.45) is 2.49. The zero-order valence-corrected chi connectivity index (χ0v) is 7.38. The molecule has 1 amide bonds. The van der Waals surface area contributed by atoms with Crippen LogP contribution in [0.15, 0.2) is 24.3 Å². The van der Waals surface area contributed by atoms with Crippen molar-refractivity contribution in [3.8, 4) is 0 Å². The van der Waals surface area contributed by atoms with E-state index in [-0.39, 0.29) is 0 Å². The van der Waals surface area contributed by atoms with Crippen molar-refractivity contribution >= 4 is 23.6 Å². The highest BCUT2D eigenvalue weighted by molar-refractivity contribution is 6.32. The van der Waals surface area contributed by atoms with Crippen molar-refractivity contribution in [3.63, 3.8) is 0 Å². The van der Waals surface area contributed by atoms with E-state index >= 15 is 0 Å². The molecule has 0 radical (unpaired) electrons. The maximum atomic E-state index is 12.7. The largest absolute Gasteiger partial charge is 0.366 e. The van der Waals surface area contributed by atoms with Gasteiger partial charge >= 0.3 is 0 Å². The molecule has 0 saturated heterocycles. The Balaban J connectivity index is 3.00. The number of carbonyl (C=O) groups is 1. The van der Waals surface area contributed by atoms with Gasteiger partial charge in [0.15, 0.2) is 0 Å². The van der Waals surface area contributed by atoms with Crippen molar-refractivity contribution in [2.24, 2.45) is 5.73 Å². The highest BCUT2D eigenvalue weighted by atomic mass is 35.5. The molecule has 0 bridgehead atoms. The third-order valence-corrected chi connectivity index (χ3v) is 1.73. The average molecular weight is 200 g/mol. The Kier molecular flexibility index (Phi) is 3.03. The second kappa shape index (κ2) is 4.05. The van der Waals surface area contributed by atoms with Crippen LogP contribution in [0.2, 0.25) is 5.02 Å². The van der Waals surface area contributed by atoms with E-state index in [1.807, 2.05) is 0 Å². The van der Waals surface area contributed by atoms with Crippen molar-refractivity contribution in [2.75, 3.05) is 0 Å². The van der Waals surface area contributed by atoms with Crippen LogP contribution in [-0.4, -0.2) is 5.91 Å². The zero-order chi connectivity index (χ0) is 9.84. The van der Waals surface area contributed by atoms with E-state index in [0.29, 0.717) is 10.6 Å². The third kappa shape index (κ3) is 2.87. The Hall–Kier alpha value is -1.35. The van der Waals surface area contributed by atoms with Gasteiger partial charge in [-0.25, -0.2) is 4.39 Å². The van der Waals surface area contributed by atoms with Gasteiger partial charge in [-0.05, 0) is 29.8 Å². The van der Waals surface area contributed by atoms with E-state index in [4.69, 9.17) is 17.3 Å². The van der Waals surface area contributed by atoms with Crippen molar-refractivity contribution in [2.45, 2.75) is 0 Å². The number of rotatable bonds is 2. The fraction of sp³-hybridized carbons (Fsp3) is 0. The van der Waals surface area contributed by atoms with Gasteiger partial charge in [0.25, 0.3) is 0 Å². The van der Waals surface area contributed by atoms with E-state index in [9.17, 15) is 9.18 Å². The highest BCUT2D eigenvalue weighted by Crippen LogP contribution is 2.18. The number of amides is 1. The molecule has 0 aliphatic carbocycles. The molecule has 0 heterocycles. The van der Waals surface area contributed by atoms with E-state index in [2.05, 4.69) is 0 Å². The minimum atomic E-state index is -0.597. The molecule has 68 valence electrons. The minimum absolute atomic E-state index is 0.374. The molecule has 13 heavy (non-hydrogen) atoms. The lowest BCUT2D eigenvalue weighted by molar-refractivity contribution is -0.113. The van der Waals surface area contributed by atoms with Crippen LogP contribution in [0.25, 0.3) is 6.08 Å². The van der Waals surface area contributed by atoms with Gasteiger partial charge in [0.1, 0.15) is 5.82 Å². The molecule has 1 rings (SSSR count). The van der Waals surface area contributed by atoms with Gasteiger partial charge < -0.3 is 5.73 Å². The average Bonchev–Trinajstić information content (AvgIpc) is 2.06. The topological polar surface area (TPSA) is 43.1 Å². The van der Waals surface area contributed by atoms with Gasteiger partial charge in [-0.2, -0.15) is 0 Å². The molecular formula is C9H7ClFNO. The smallest absolute Gasteiger partial charge is 0.241 e. The Labute approximate surface area is 79.8 Å². The van der Waals surface area contributed by atoms with Crippen LogP contribution in [0.5, 0.6) is 0 Å². The predicted molar refractivity (Wildman–Crippen MR) is 49.6 cm³/mol. The summed E-state index contributed by atoms with van der Waals surface area (Å²) in [5, 5.41) is 0.374. The van der Waals surface area contributed by atoms with E-state index in [1.54, 1.807) is 0 Å². The molecule has 0 atom stereocenters. The lowest BCUT2D eigenvalue weighted by atomic mass is 10.2. The first-order valence-corrected chi connectivity index (χ1v) is 3.90. The van der Waals surface area contributed by atoms with E-state index in [0.717, 1.165) is 6.08 Å². The maximum Gasteiger partial charge on any atom is 0.241 e. The number of hydrogen-bond acceptors (Lipinski definition) is 1. The van der Waals surface area contributed by atoms with Crippen molar-refractivity contribution in [1.82, 2.24) is 0 Å². The first-order valence-electron chi connectivity index (χ1n) is 3.52. The van der Waals surface area contributed by atoms with Gasteiger partial charge in [-0.3, -0.25) is 4.79 Å². The van der Waals surface area contributed by atoms with Crippen molar-refractivity contribution < 1.29 is 9.18 Å². The molecule has 0 aliphatic rings. The van der Waals surface area contributed by atoms with Gasteiger partial charge in [0, 0.05) is 11.1 Å². The van der Waals surface area contributed by atoms with Crippen LogP contribution in [0, 0.1) is 5.82 Å². The second-order valence-electron chi connectivity index (χ2n) is 2.40. The van der Waals surface area contributed by atoms with Crippen LogP contribution < -0.4 is 5.73 Å². The van der Waals surface area contributed by atoms with Gasteiger partial charge in [-0.15, -0.1) is 0 Å². The summed E-state index contributed by atoms with van der Waals surface area (Å²) in [4.78, 5) is 10.4. The molecule has 0 fully saturated rings. The normalized spacial score (nSPS) is 10.6. The number of halogens is 2. The van der Waals surface area contributed by atoms with Crippen LogP contribution in [-0.2, 0) is 4.79 Å². The Morgan fingerprint density at radius 1 is 1.54 bits per heavy atom. The summed E-state index contributed by atoms with van der Waals surface area (Å²) in [5.41, 5.74) is 5.30. The monoisotopic (exact) mass is 199 g/mol. The molecule has 4 heteroatoms. The quantitative estimate of drug-likeness (QED) is 0.728. The highest BCUT2D eigenvalue weighted by Gasteiger charge is 1.98. The molecule has 0 aliphatic heterocycles. The number of carbonyl (C=O) groups excluding carboxylic acids is 1. The third-order valence-electron chi connectivity index (χ3n) is 1.39. The van der Waals surface area contributed by atoms with Gasteiger partial charge in [0.05, 0.1) is 0 Å². The van der Waals surface area contributed by atoms with Crippen LogP contribution in [0.1, 0.15) is 5.56 Å². The SMILES string of the molecule is NC(=O)/C=C/c1cc(F)ccc1Cl. The summed E-state index contributed by atoms with van der Waals surface area (Å²) >= 11 is 5.71. The summed E-state index contributed by atoms with van der Waals surface area (Å²) in [7, 11) is 0. The Morgan fingerprint density at radius 3 is 2.85 bits per heavy atom. The number of hydrogen-bond donors (Lipinski definition) is 1. The Bertz CT molecular complexity index is 363. The molecular weight excluding hydrogens is 193 g/mol. The van der Waals surface area contributed by atoms with Crippen LogP contribution >= 0.6 is 11.6 Å².